The first-order valence-electron chi connectivity index (χ1n) is 11.4. The summed E-state index contributed by atoms with van der Waals surface area (Å²) in [5.41, 5.74) is 5.11. The normalized spacial score (nSPS) is 17.2. The summed E-state index contributed by atoms with van der Waals surface area (Å²) >= 11 is 0.902. The number of carbonyl (C=O) groups is 4. The average molecular weight is 630 g/mol. The minimum Gasteiger partial charge on any atom is -0.458 e. The van der Waals surface area contributed by atoms with Crippen molar-refractivity contribution < 1.29 is 51.5 Å². The van der Waals surface area contributed by atoms with Gasteiger partial charge in [0.15, 0.2) is 16.9 Å². The number of nitro benzene ring substituents is 1. The molecule has 0 saturated carbocycles. The molecule has 0 unspecified atom stereocenters. The number of nitrogens with two attached hydrogens (primary N) is 1. The second-order valence-electron chi connectivity index (χ2n) is 8.79. The van der Waals surface area contributed by atoms with Crippen LogP contribution < -0.4 is 16.5 Å². The number of benzene rings is 1. The number of oxime groups is 1. The predicted molar refractivity (Wildman–Crippen MR) is 140 cm³/mol. The van der Waals surface area contributed by atoms with E-state index < -0.39 is 62.3 Å². The molecular weight excluding hydrogens is 606 g/mol. The van der Waals surface area contributed by atoms with Crippen molar-refractivity contribution in [3.8, 4) is 0 Å². The summed E-state index contributed by atoms with van der Waals surface area (Å²) < 4.78 is 37.5. The predicted octanol–water partition coefficient (Wildman–Crippen LogP) is -0.948. The number of ether oxygens (including phenoxy) is 1. The molecule has 0 bridgehead atoms. The number of aromatic nitrogens is 1. The number of non-ortho nitro benzene ring substituents is 1. The molecule has 2 aromatic rings. The number of anilines is 1. The van der Waals surface area contributed by atoms with Crippen LogP contribution >= 0.6 is 11.3 Å². The Balaban J connectivity index is 1.79. The lowest BCUT2D eigenvalue weighted by atomic mass is 9.97. The molecule has 1 aromatic carbocycles. The standard InChI is InChI=1S/C21H23N7O12S2/c1-21(2,19(32)39-8-10-4-6-11(7-5-10)28(33)34)40-25-13(12-9-41-20(22)23-12)16(29)24-14-15(17(30)26-38-3)27(18(14)31)42(35,36)37/h4-7,9,14-15H,8H2,1-3H3,(H2,22,23)(H,24,29)(H,26,30)(H,35,36,37)/t14-,15-/m1/s1. The molecule has 0 spiro atoms. The van der Waals surface area contributed by atoms with Crippen LogP contribution in [0.1, 0.15) is 25.1 Å². The third-order valence-corrected chi connectivity index (χ3v) is 6.99. The first-order chi connectivity index (χ1) is 19.6. The molecule has 1 aliphatic rings. The van der Waals surface area contributed by atoms with Gasteiger partial charge in [-0.15, -0.1) is 11.3 Å². The van der Waals surface area contributed by atoms with Gasteiger partial charge in [0.1, 0.15) is 18.3 Å². The fourth-order valence-electron chi connectivity index (χ4n) is 3.32. The number of esters is 1. The van der Waals surface area contributed by atoms with Crippen molar-refractivity contribution in [3.05, 3.63) is 51.0 Å². The van der Waals surface area contributed by atoms with Crippen molar-refractivity contribution >= 4 is 61.9 Å². The Morgan fingerprint density at radius 3 is 2.45 bits per heavy atom. The van der Waals surface area contributed by atoms with Gasteiger partial charge in [0, 0.05) is 17.5 Å². The Morgan fingerprint density at radius 1 is 1.29 bits per heavy atom. The smallest absolute Gasteiger partial charge is 0.363 e. The molecule has 1 aliphatic heterocycles. The first kappa shape index (κ1) is 31.8. The molecule has 0 radical (unpaired) electrons. The monoisotopic (exact) mass is 629 g/mol. The van der Waals surface area contributed by atoms with Gasteiger partial charge in [0.25, 0.3) is 23.4 Å². The highest BCUT2D eigenvalue weighted by molar-refractivity contribution is 7.84. The van der Waals surface area contributed by atoms with Crippen LogP contribution in [-0.4, -0.2) is 81.4 Å². The SMILES string of the molecule is CONC(=O)[C@H]1[C@@H](NC(=O)C(=NOC(C)(C)C(=O)OCc2ccc([N+](=O)[O-])cc2)c2csc(N)n2)C(=O)N1S(=O)(=O)O. The van der Waals surface area contributed by atoms with E-state index in [-0.39, 0.29) is 27.4 Å². The Kier molecular flexibility index (Phi) is 9.40. The third kappa shape index (κ3) is 7.12. The lowest BCUT2D eigenvalue weighted by Crippen LogP contribution is -2.76. The lowest BCUT2D eigenvalue weighted by molar-refractivity contribution is -0.384. The Bertz CT molecular complexity index is 1540. The number of amides is 3. The maximum Gasteiger partial charge on any atom is 0.363 e. The summed E-state index contributed by atoms with van der Waals surface area (Å²) in [7, 11) is -4.16. The van der Waals surface area contributed by atoms with E-state index in [1.54, 1.807) is 5.48 Å². The van der Waals surface area contributed by atoms with Crippen LogP contribution in [0.25, 0.3) is 0 Å². The fraction of sp³-hybridized carbons (Fsp3) is 0.333. The van der Waals surface area contributed by atoms with Gasteiger partial charge >= 0.3 is 16.3 Å². The molecule has 2 heterocycles. The van der Waals surface area contributed by atoms with Crippen LogP contribution in [0.4, 0.5) is 10.8 Å². The highest BCUT2D eigenvalue weighted by Crippen LogP contribution is 2.25. The van der Waals surface area contributed by atoms with Crippen molar-refractivity contribution in [3.63, 3.8) is 0 Å². The molecule has 2 atom stereocenters. The quantitative estimate of drug-likeness (QED) is 0.0550. The zero-order valence-electron chi connectivity index (χ0n) is 21.9. The zero-order chi connectivity index (χ0) is 31.4. The van der Waals surface area contributed by atoms with Gasteiger partial charge in [-0.05, 0) is 31.5 Å². The number of nitrogens with one attached hydrogen (secondary N) is 2. The van der Waals surface area contributed by atoms with Crippen LogP contribution in [0, 0.1) is 10.1 Å². The molecule has 1 aromatic heterocycles. The van der Waals surface area contributed by atoms with Crippen LogP contribution in [0.3, 0.4) is 0 Å². The molecule has 3 rings (SSSR count). The minimum atomic E-state index is -5.18. The van der Waals surface area contributed by atoms with Gasteiger partial charge in [0.05, 0.1) is 12.0 Å². The summed E-state index contributed by atoms with van der Waals surface area (Å²) in [6.07, 6.45) is 0. The molecule has 0 aliphatic carbocycles. The molecule has 3 amide bonds. The van der Waals surface area contributed by atoms with E-state index in [4.69, 9.17) is 15.3 Å². The number of thiazole rings is 1. The van der Waals surface area contributed by atoms with Crippen LogP contribution in [0.5, 0.6) is 0 Å². The summed E-state index contributed by atoms with van der Waals surface area (Å²) in [6, 6.07) is 1.51. The van der Waals surface area contributed by atoms with Gasteiger partial charge in [-0.3, -0.25) is 33.9 Å². The van der Waals surface area contributed by atoms with E-state index in [1.807, 2.05) is 0 Å². The number of rotatable bonds is 12. The number of hydroxylamine groups is 1. The fourth-order valence-corrected chi connectivity index (χ4v) is 4.72. The largest absolute Gasteiger partial charge is 0.458 e. The summed E-state index contributed by atoms with van der Waals surface area (Å²) in [4.78, 5) is 74.4. The molecular formula is C21H23N7O12S2. The third-order valence-electron chi connectivity index (χ3n) is 5.41. The number of β-lactam (4-membered cyclic amide) rings is 1. The maximum atomic E-state index is 13.1. The molecule has 42 heavy (non-hydrogen) atoms. The molecule has 19 nitrogen and oxygen atoms in total. The molecule has 1 fully saturated rings. The summed E-state index contributed by atoms with van der Waals surface area (Å²) in [5.74, 6) is -4.68. The highest BCUT2D eigenvalue weighted by atomic mass is 32.2. The number of carbonyl (C=O) groups excluding carboxylic acids is 4. The summed E-state index contributed by atoms with van der Waals surface area (Å²) in [5, 5.41) is 17.9. The molecule has 5 N–H and O–H groups in total. The van der Waals surface area contributed by atoms with E-state index in [9.17, 15) is 42.3 Å². The van der Waals surface area contributed by atoms with Gasteiger partial charge in [-0.2, -0.15) is 12.7 Å². The Labute approximate surface area is 240 Å². The Morgan fingerprint density at radius 2 is 1.93 bits per heavy atom. The van der Waals surface area contributed by atoms with Crippen molar-refractivity contribution in [2.24, 2.45) is 5.16 Å². The van der Waals surface area contributed by atoms with E-state index >= 15 is 0 Å². The van der Waals surface area contributed by atoms with Gasteiger partial charge in [-0.25, -0.2) is 15.3 Å². The van der Waals surface area contributed by atoms with Crippen LogP contribution in [0.15, 0.2) is 34.8 Å². The van der Waals surface area contributed by atoms with Gasteiger partial charge in [0.2, 0.25) is 5.60 Å². The van der Waals surface area contributed by atoms with Crippen LogP contribution in [0.2, 0.25) is 0 Å². The second kappa shape index (κ2) is 12.4. The number of nitro groups is 1. The zero-order valence-corrected chi connectivity index (χ0v) is 23.5. The number of nitrogen functional groups attached to an aromatic ring is 1. The van der Waals surface area contributed by atoms with E-state index in [2.05, 4.69) is 20.3 Å². The number of hydrogen-bond acceptors (Lipinski definition) is 15. The van der Waals surface area contributed by atoms with E-state index in [0.717, 1.165) is 18.4 Å². The second-order valence-corrected chi connectivity index (χ2v) is 11.0. The topological polar surface area (TPSA) is 272 Å². The summed E-state index contributed by atoms with van der Waals surface area (Å²) in [6.45, 7) is 2.23. The van der Waals surface area contributed by atoms with Crippen molar-refractivity contribution in [1.29, 1.82) is 0 Å². The maximum absolute atomic E-state index is 13.1. The Hall–Kier alpha value is -4.73. The molecule has 21 heteroatoms. The van der Waals surface area contributed by atoms with E-state index in [1.165, 1.54) is 43.5 Å². The van der Waals surface area contributed by atoms with Crippen molar-refractivity contribution in [2.75, 3.05) is 12.8 Å². The number of hydrogen-bond donors (Lipinski definition) is 4. The average Bonchev–Trinajstić information content (AvgIpc) is 3.33. The van der Waals surface area contributed by atoms with Crippen molar-refractivity contribution in [2.45, 2.75) is 38.1 Å². The van der Waals surface area contributed by atoms with E-state index in [0.29, 0.717) is 5.56 Å². The minimum absolute atomic E-state index is 0.00175. The molecule has 226 valence electrons. The van der Waals surface area contributed by atoms with Crippen LogP contribution in [-0.2, 0) is 50.5 Å². The lowest BCUT2D eigenvalue weighted by Gasteiger charge is -2.42. The van der Waals surface area contributed by atoms with Crippen molar-refractivity contribution in [1.82, 2.24) is 20.1 Å². The molecule has 1 saturated heterocycles. The highest BCUT2D eigenvalue weighted by Gasteiger charge is 2.58. The first-order valence-corrected chi connectivity index (χ1v) is 13.7. The van der Waals surface area contributed by atoms with Gasteiger partial charge < -0.3 is 20.6 Å². The number of nitrogens with zero attached hydrogens (tertiary/aromatic N) is 4. The van der Waals surface area contributed by atoms with Gasteiger partial charge in [-0.1, -0.05) is 5.16 Å².